The van der Waals surface area contributed by atoms with Gasteiger partial charge in [-0.2, -0.15) is 0 Å². The average Bonchev–Trinajstić information content (AvgIpc) is 2.19. The predicted octanol–water partition coefficient (Wildman–Crippen LogP) is 1.34. The Labute approximate surface area is 87.2 Å². The molecule has 0 amide bonds. The molecule has 0 aliphatic heterocycles. The number of sulfone groups is 1. The lowest BCUT2D eigenvalue weighted by molar-refractivity contribution is 0.377. The van der Waals surface area contributed by atoms with E-state index >= 15 is 0 Å². The third kappa shape index (κ3) is 2.95. The van der Waals surface area contributed by atoms with E-state index in [9.17, 15) is 8.42 Å². The lowest BCUT2D eigenvalue weighted by Gasteiger charge is -2.29. The molecule has 0 heterocycles. The van der Waals surface area contributed by atoms with Crippen LogP contribution in [-0.2, 0) is 9.84 Å². The van der Waals surface area contributed by atoms with Crippen molar-refractivity contribution >= 4 is 9.84 Å². The second-order valence-corrected chi connectivity index (χ2v) is 6.56. The fourth-order valence-electron chi connectivity index (χ4n) is 2.18. The first kappa shape index (κ1) is 12.0. The maximum Gasteiger partial charge on any atom is 0.152 e. The van der Waals surface area contributed by atoms with Crippen LogP contribution in [-0.4, -0.2) is 32.0 Å². The van der Waals surface area contributed by atoms with Crippen LogP contribution in [0.1, 0.15) is 39.5 Å². The average molecular weight is 219 g/mol. The minimum absolute atomic E-state index is 0.0923. The molecular weight excluding hydrogens is 198 g/mol. The van der Waals surface area contributed by atoms with Crippen molar-refractivity contribution in [3.8, 4) is 0 Å². The van der Waals surface area contributed by atoms with Crippen molar-refractivity contribution in [2.45, 2.75) is 50.8 Å². The Morgan fingerprint density at radius 1 is 1.29 bits per heavy atom. The molecule has 1 saturated carbocycles. The maximum atomic E-state index is 11.7. The van der Waals surface area contributed by atoms with Gasteiger partial charge in [0.05, 0.1) is 5.25 Å². The summed E-state index contributed by atoms with van der Waals surface area (Å²) in [4.78, 5) is 0. The molecule has 4 heteroatoms. The third-order valence-corrected chi connectivity index (χ3v) is 5.28. The van der Waals surface area contributed by atoms with Gasteiger partial charge < -0.3 is 5.32 Å². The summed E-state index contributed by atoms with van der Waals surface area (Å²) in [5.74, 6) is 0.288. The van der Waals surface area contributed by atoms with E-state index in [1.54, 1.807) is 6.92 Å². The van der Waals surface area contributed by atoms with Gasteiger partial charge in [-0.25, -0.2) is 8.42 Å². The molecule has 0 radical (unpaired) electrons. The smallest absolute Gasteiger partial charge is 0.152 e. The fraction of sp³-hybridized carbons (Fsp3) is 1.00. The molecule has 0 spiro atoms. The number of rotatable bonds is 4. The van der Waals surface area contributed by atoms with Crippen molar-refractivity contribution in [2.75, 3.05) is 12.3 Å². The molecule has 14 heavy (non-hydrogen) atoms. The Hall–Kier alpha value is -0.0900. The number of hydrogen-bond donors (Lipinski definition) is 1. The normalized spacial score (nSPS) is 29.0. The van der Waals surface area contributed by atoms with Crippen LogP contribution < -0.4 is 5.32 Å². The zero-order valence-corrected chi connectivity index (χ0v) is 9.94. The molecule has 0 aromatic heterocycles. The van der Waals surface area contributed by atoms with Gasteiger partial charge >= 0.3 is 0 Å². The topological polar surface area (TPSA) is 46.2 Å². The summed E-state index contributed by atoms with van der Waals surface area (Å²) in [6.07, 6.45) is 3.84. The van der Waals surface area contributed by atoms with E-state index < -0.39 is 9.84 Å². The molecule has 3 nitrogen and oxygen atoms in total. The molecule has 1 aliphatic rings. The van der Waals surface area contributed by atoms with Gasteiger partial charge in [0, 0.05) is 11.8 Å². The first-order valence-electron chi connectivity index (χ1n) is 5.55. The highest BCUT2D eigenvalue weighted by atomic mass is 32.2. The highest BCUT2D eigenvalue weighted by molar-refractivity contribution is 7.92. The maximum absolute atomic E-state index is 11.7. The van der Waals surface area contributed by atoms with Crippen molar-refractivity contribution in [3.63, 3.8) is 0 Å². The minimum Gasteiger partial charge on any atom is -0.314 e. The predicted molar refractivity (Wildman–Crippen MR) is 59.2 cm³/mol. The summed E-state index contributed by atoms with van der Waals surface area (Å²) >= 11 is 0. The van der Waals surface area contributed by atoms with E-state index in [0.29, 0.717) is 6.04 Å². The summed E-state index contributed by atoms with van der Waals surface area (Å²) in [7, 11) is -2.81. The van der Waals surface area contributed by atoms with Gasteiger partial charge in [-0.05, 0) is 25.8 Å². The summed E-state index contributed by atoms with van der Waals surface area (Å²) in [5.41, 5.74) is 0. The highest BCUT2D eigenvalue weighted by Crippen LogP contribution is 2.24. The Kier molecular flexibility index (Phi) is 4.38. The van der Waals surface area contributed by atoms with Crippen molar-refractivity contribution in [1.29, 1.82) is 0 Å². The van der Waals surface area contributed by atoms with Crippen LogP contribution in [0.5, 0.6) is 0 Å². The van der Waals surface area contributed by atoms with Crippen LogP contribution in [0.25, 0.3) is 0 Å². The monoisotopic (exact) mass is 219 g/mol. The Balaban J connectivity index is 2.56. The van der Waals surface area contributed by atoms with Crippen LogP contribution >= 0.6 is 0 Å². The molecule has 84 valence electrons. The van der Waals surface area contributed by atoms with E-state index in [2.05, 4.69) is 12.2 Å². The van der Waals surface area contributed by atoms with E-state index in [1.165, 1.54) is 0 Å². The largest absolute Gasteiger partial charge is 0.314 e. The minimum atomic E-state index is -2.81. The molecular formula is C10H21NO2S. The molecule has 1 rings (SSSR count). The summed E-state index contributed by atoms with van der Waals surface area (Å²) < 4.78 is 23.4. The van der Waals surface area contributed by atoms with Gasteiger partial charge in [-0.15, -0.1) is 0 Å². The molecule has 0 bridgehead atoms. The van der Waals surface area contributed by atoms with Crippen LogP contribution in [0.4, 0.5) is 0 Å². The standard InChI is InChI=1S/C10H21NO2S/c1-3-11-9-6-5-7-10(8-9)14(12,13)4-2/h9-11H,3-8H2,1-2H3. The van der Waals surface area contributed by atoms with Gasteiger partial charge in [0.2, 0.25) is 0 Å². The Morgan fingerprint density at radius 2 is 2.00 bits per heavy atom. The van der Waals surface area contributed by atoms with Gasteiger partial charge in [-0.1, -0.05) is 20.3 Å². The van der Waals surface area contributed by atoms with Gasteiger partial charge in [0.15, 0.2) is 9.84 Å². The van der Waals surface area contributed by atoms with Gasteiger partial charge in [-0.3, -0.25) is 0 Å². The zero-order valence-electron chi connectivity index (χ0n) is 9.12. The number of nitrogens with one attached hydrogen (secondary N) is 1. The molecule has 2 atom stereocenters. The van der Waals surface area contributed by atoms with E-state index in [0.717, 1.165) is 32.2 Å². The van der Waals surface area contributed by atoms with Gasteiger partial charge in [0.25, 0.3) is 0 Å². The molecule has 0 saturated heterocycles. The van der Waals surface area contributed by atoms with Gasteiger partial charge in [0.1, 0.15) is 0 Å². The second-order valence-electron chi connectivity index (χ2n) is 3.99. The van der Waals surface area contributed by atoms with Crippen molar-refractivity contribution in [3.05, 3.63) is 0 Å². The molecule has 0 aromatic carbocycles. The molecule has 1 N–H and O–H groups in total. The van der Waals surface area contributed by atoms with Crippen LogP contribution in [0.3, 0.4) is 0 Å². The van der Waals surface area contributed by atoms with Crippen LogP contribution in [0.2, 0.25) is 0 Å². The van der Waals surface area contributed by atoms with E-state index in [1.807, 2.05) is 0 Å². The van der Waals surface area contributed by atoms with Crippen LogP contribution in [0.15, 0.2) is 0 Å². The lowest BCUT2D eigenvalue weighted by Crippen LogP contribution is -2.39. The second kappa shape index (κ2) is 5.12. The first-order valence-corrected chi connectivity index (χ1v) is 7.26. The molecule has 2 unspecified atom stereocenters. The third-order valence-electron chi connectivity index (χ3n) is 3.03. The van der Waals surface area contributed by atoms with Crippen molar-refractivity contribution < 1.29 is 8.42 Å². The Morgan fingerprint density at radius 3 is 2.57 bits per heavy atom. The fourth-order valence-corrected chi connectivity index (χ4v) is 3.70. The SMILES string of the molecule is CCNC1CCCC(S(=O)(=O)CC)C1. The van der Waals surface area contributed by atoms with Crippen molar-refractivity contribution in [1.82, 2.24) is 5.32 Å². The number of hydrogen-bond acceptors (Lipinski definition) is 3. The molecule has 0 aromatic rings. The first-order chi connectivity index (χ1) is 6.60. The molecule has 1 fully saturated rings. The summed E-state index contributed by atoms with van der Waals surface area (Å²) in [6.45, 7) is 4.74. The van der Waals surface area contributed by atoms with E-state index in [4.69, 9.17) is 0 Å². The summed E-state index contributed by atoms with van der Waals surface area (Å²) in [5, 5.41) is 3.25. The summed E-state index contributed by atoms with van der Waals surface area (Å²) in [6, 6.07) is 0.417. The van der Waals surface area contributed by atoms with Crippen LogP contribution in [0, 0.1) is 0 Å². The zero-order chi connectivity index (χ0) is 10.6. The lowest BCUT2D eigenvalue weighted by atomic mass is 9.95. The molecule has 1 aliphatic carbocycles. The highest BCUT2D eigenvalue weighted by Gasteiger charge is 2.29. The quantitative estimate of drug-likeness (QED) is 0.776. The Bertz CT molecular complexity index is 259. The van der Waals surface area contributed by atoms with E-state index in [-0.39, 0.29) is 11.0 Å². The van der Waals surface area contributed by atoms with Crippen molar-refractivity contribution in [2.24, 2.45) is 0 Å².